The molecule has 2 aromatic heterocycles. The van der Waals surface area contributed by atoms with E-state index in [2.05, 4.69) is 56.5 Å². The average molecular weight is 298 g/mol. The highest BCUT2D eigenvalue weighted by Crippen LogP contribution is 2.29. The Balaban J connectivity index is 2.50. The molecule has 1 aliphatic rings. The molecule has 0 saturated heterocycles. The summed E-state index contributed by atoms with van der Waals surface area (Å²) in [6, 6.07) is 0. The molecule has 0 amide bonds. The van der Waals surface area contributed by atoms with Gasteiger partial charge in [-0.3, -0.25) is 2.78 Å². The van der Waals surface area contributed by atoms with Crippen molar-refractivity contribution in [3.05, 3.63) is 24.2 Å². The molecular formula is C9H7IN4. The van der Waals surface area contributed by atoms with Crippen molar-refractivity contribution in [1.29, 1.82) is 0 Å². The second-order valence-corrected chi connectivity index (χ2v) is 4.14. The lowest BCUT2D eigenvalue weighted by Crippen LogP contribution is -2.00. The van der Waals surface area contributed by atoms with Gasteiger partial charge in [0, 0.05) is 18.3 Å². The largest absolute Gasteiger partial charge is 0.366 e. The van der Waals surface area contributed by atoms with Crippen LogP contribution in [0.25, 0.3) is 17.1 Å². The molecule has 70 valence electrons. The highest BCUT2D eigenvalue weighted by atomic mass is 127. The zero-order valence-corrected chi connectivity index (χ0v) is 9.39. The summed E-state index contributed by atoms with van der Waals surface area (Å²) >= 11 is 2.22. The zero-order valence-electron chi connectivity index (χ0n) is 7.24. The summed E-state index contributed by atoms with van der Waals surface area (Å²) in [6.45, 7) is 0.821. The van der Waals surface area contributed by atoms with Gasteiger partial charge in [-0.05, 0) is 0 Å². The highest BCUT2D eigenvalue weighted by Gasteiger charge is 2.13. The lowest BCUT2D eigenvalue weighted by atomic mass is 10.2. The number of hydrogen-bond donors (Lipinski definition) is 1. The van der Waals surface area contributed by atoms with Gasteiger partial charge >= 0.3 is 0 Å². The molecule has 0 aromatic carbocycles. The van der Waals surface area contributed by atoms with Crippen LogP contribution >= 0.6 is 22.9 Å². The summed E-state index contributed by atoms with van der Waals surface area (Å²) in [4.78, 5) is 8.49. The van der Waals surface area contributed by atoms with Crippen LogP contribution in [0.5, 0.6) is 0 Å². The molecule has 0 bridgehead atoms. The summed E-state index contributed by atoms with van der Waals surface area (Å²) in [5, 5.41) is 4.36. The third kappa shape index (κ3) is 1.05. The fourth-order valence-electron chi connectivity index (χ4n) is 1.65. The lowest BCUT2D eigenvalue weighted by molar-refractivity contribution is 1.17. The Bertz CT molecular complexity index is 529. The summed E-state index contributed by atoms with van der Waals surface area (Å²) < 4.78 is 1.99. The Kier molecular flexibility index (Phi) is 1.73. The van der Waals surface area contributed by atoms with Crippen LogP contribution in [0, 0.1) is 0 Å². The number of nitrogens with zero attached hydrogens (tertiary/aromatic N) is 3. The molecule has 0 fully saturated rings. The van der Waals surface area contributed by atoms with Gasteiger partial charge in [-0.2, -0.15) is 0 Å². The molecule has 5 heteroatoms. The molecule has 2 aromatic rings. The monoisotopic (exact) mass is 298 g/mol. The first kappa shape index (κ1) is 8.22. The minimum atomic E-state index is 0.821. The standard InChI is InChI=1S/C9H7IN4/c10-14-4-6-2-1-3-11-8-7(6)9(14)13-5-12-8/h1-2,4-5H,3H2,(H,11,12,13). The normalized spacial score (nSPS) is 14.1. The number of rotatable bonds is 0. The Morgan fingerprint density at radius 1 is 1.43 bits per heavy atom. The maximum absolute atomic E-state index is 4.26. The average Bonchev–Trinajstić information content (AvgIpc) is 2.41. The van der Waals surface area contributed by atoms with Crippen molar-refractivity contribution in [2.45, 2.75) is 0 Å². The van der Waals surface area contributed by atoms with Gasteiger partial charge in [0.15, 0.2) is 5.65 Å². The van der Waals surface area contributed by atoms with Crippen molar-refractivity contribution in [2.75, 3.05) is 11.9 Å². The molecule has 3 rings (SSSR count). The van der Waals surface area contributed by atoms with Crippen molar-refractivity contribution in [3.63, 3.8) is 0 Å². The first-order chi connectivity index (χ1) is 6.86. The zero-order chi connectivity index (χ0) is 9.54. The maximum Gasteiger partial charge on any atom is 0.154 e. The van der Waals surface area contributed by atoms with Gasteiger partial charge in [0.2, 0.25) is 0 Å². The van der Waals surface area contributed by atoms with Gasteiger partial charge in [0.1, 0.15) is 12.1 Å². The second-order valence-electron chi connectivity index (χ2n) is 3.10. The molecule has 0 unspecified atom stereocenters. The molecule has 1 aliphatic heterocycles. The first-order valence-corrected chi connectivity index (χ1v) is 5.25. The molecule has 0 saturated carbocycles. The van der Waals surface area contributed by atoms with E-state index < -0.39 is 0 Å². The van der Waals surface area contributed by atoms with Gasteiger partial charge in [-0.15, -0.1) is 0 Å². The van der Waals surface area contributed by atoms with Gasteiger partial charge < -0.3 is 5.32 Å². The maximum atomic E-state index is 4.26. The van der Waals surface area contributed by atoms with Crippen molar-refractivity contribution >= 4 is 45.8 Å². The fourth-order valence-corrected chi connectivity index (χ4v) is 2.32. The summed E-state index contributed by atoms with van der Waals surface area (Å²) in [7, 11) is 0. The molecule has 1 N–H and O–H groups in total. The van der Waals surface area contributed by atoms with Gasteiger partial charge in [0.05, 0.1) is 28.3 Å². The Hall–Kier alpha value is -1.11. The predicted molar refractivity (Wildman–Crippen MR) is 64.5 cm³/mol. The van der Waals surface area contributed by atoms with Crippen molar-refractivity contribution < 1.29 is 0 Å². The molecular weight excluding hydrogens is 291 g/mol. The van der Waals surface area contributed by atoms with Crippen LogP contribution in [0.3, 0.4) is 0 Å². The van der Waals surface area contributed by atoms with Crippen LogP contribution in [0.2, 0.25) is 0 Å². The van der Waals surface area contributed by atoms with Crippen LogP contribution in [-0.4, -0.2) is 19.3 Å². The van der Waals surface area contributed by atoms with Gasteiger partial charge in [0.25, 0.3) is 0 Å². The van der Waals surface area contributed by atoms with E-state index in [4.69, 9.17) is 0 Å². The Morgan fingerprint density at radius 2 is 2.36 bits per heavy atom. The summed E-state index contributed by atoms with van der Waals surface area (Å²) in [6.07, 6.45) is 7.85. The van der Waals surface area contributed by atoms with E-state index in [1.807, 2.05) is 2.78 Å². The number of nitrogens with one attached hydrogen (secondary N) is 1. The summed E-state index contributed by atoms with van der Waals surface area (Å²) in [5.41, 5.74) is 2.14. The second kappa shape index (κ2) is 2.94. The van der Waals surface area contributed by atoms with Gasteiger partial charge in [-0.25, -0.2) is 9.97 Å². The van der Waals surface area contributed by atoms with Crippen molar-refractivity contribution in [2.24, 2.45) is 0 Å². The number of aromatic nitrogens is 3. The summed E-state index contributed by atoms with van der Waals surface area (Å²) in [5.74, 6) is 0.922. The van der Waals surface area contributed by atoms with Crippen LogP contribution in [0.15, 0.2) is 18.6 Å². The third-order valence-corrected chi connectivity index (χ3v) is 2.99. The van der Waals surface area contributed by atoms with Gasteiger partial charge in [-0.1, -0.05) is 12.2 Å². The van der Waals surface area contributed by atoms with Crippen molar-refractivity contribution in [1.82, 2.24) is 12.7 Å². The van der Waals surface area contributed by atoms with E-state index in [0.29, 0.717) is 0 Å². The highest BCUT2D eigenvalue weighted by molar-refractivity contribution is 14.1. The van der Waals surface area contributed by atoms with Crippen molar-refractivity contribution in [3.8, 4) is 0 Å². The van der Waals surface area contributed by atoms with E-state index >= 15 is 0 Å². The molecule has 14 heavy (non-hydrogen) atoms. The Morgan fingerprint density at radius 3 is 3.29 bits per heavy atom. The molecule has 0 spiro atoms. The van der Waals surface area contributed by atoms with E-state index in [1.165, 1.54) is 5.56 Å². The SMILES string of the molecule is In1cc2c3c(ncnc31)NCC=C2. The number of halogens is 1. The number of anilines is 1. The third-order valence-electron chi connectivity index (χ3n) is 2.26. The number of hydrogen-bond acceptors (Lipinski definition) is 3. The fraction of sp³-hybridized carbons (Fsp3) is 0.111. The predicted octanol–water partition coefficient (Wildman–Crippen LogP) is 2.07. The van der Waals surface area contributed by atoms with Crippen LogP contribution in [-0.2, 0) is 0 Å². The smallest absolute Gasteiger partial charge is 0.154 e. The molecule has 0 radical (unpaired) electrons. The van der Waals surface area contributed by atoms with E-state index in [9.17, 15) is 0 Å². The van der Waals surface area contributed by atoms with Crippen LogP contribution in [0.1, 0.15) is 5.56 Å². The first-order valence-electron chi connectivity index (χ1n) is 4.29. The lowest BCUT2D eigenvalue weighted by Gasteiger charge is -2.01. The Labute approximate surface area is 94.5 Å². The van der Waals surface area contributed by atoms with E-state index in [0.717, 1.165) is 23.4 Å². The molecule has 0 atom stereocenters. The topological polar surface area (TPSA) is 42.7 Å². The molecule has 3 heterocycles. The molecule has 4 nitrogen and oxygen atoms in total. The van der Waals surface area contributed by atoms with Crippen LogP contribution in [0.4, 0.5) is 5.82 Å². The van der Waals surface area contributed by atoms with Crippen LogP contribution < -0.4 is 5.32 Å². The minimum Gasteiger partial charge on any atom is -0.366 e. The quantitative estimate of drug-likeness (QED) is 0.757. The molecule has 0 aliphatic carbocycles. The minimum absolute atomic E-state index is 0.821. The van der Waals surface area contributed by atoms with E-state index in [1.54, 1.807) is 6.33 Å². The van der Waals surface area contributed by atoms with E-state index in [-0.39, 0.29) is 0 Å².